The highest BCUT2D eigenvalue weighted by atomic mass is 35.5. The Hall–Kier alpha value is -4.19. The summed E-state index contributed by atoms with van der Waals surface area (Å²) in [6, 6.07) is 27.2. The second-order valence-electron chi connectivity index (χ2n) is 15.5. The average Bonchev–Trinajstić information content (AvgIpc) is 3.25. The van der Waals surface area contributed by atoms with Crippen molar-refractivity contribution in [1.29, 1.82) is 0 Å². The third-order valence-electron chi connectivity index (χ3n) is 10.8. The van der Waals surface area contributed by atoms with Crippen molar-refractivity contribution in [3.8, 4) is 45.5 Å². The van der Waals surface area contributed by atoms with Gasteiger partial charge in [-0.05, 0) is 119 Å². The lowest BCUT2D eigenvalue weighted by atomic mass is 10.0. The predicted octanol–water partition coefficient (Wildman–Crippen LogP) is 10.7. The first-order valence-corrected chi connectivity index (χ1v) is 21.3. The van der Waals surface area contributed by atoms with Crippen LogP contribution in [0.1, 0.15) is 82.2 Å². The summed E-state index contributed by atoms with van der Waals surface area (Å²) in [7, 11) is 4.29. The molecule has 324 valence electrons. The number of benzene rings is 3. The SMILES string of the molecule is CCCCc1nnc(OC2CCN(C)CC2)cc1-c1ccc(O)cc1.CCCCc1nnc(OC2CCN(C)CC2)cc1-c1ccc(OCc2ccc(Cl)cc2)cc1.Cl.Cl. The van der Waals surface area contributed by atoms with Gasteiger partial charge in [-0.1, -0.05) is 74.7 Å². The summed E-state index contributed by atoms with van der Waals surface area (Å²) >= 11 is 5.96. The maximum atomic E-state index is 9.55. The highest BCUT2D eigenvalue weighted by molar-refractivity contribution is 6.30. The molecule has 13 heteroatoms. The number of piperidine rings is 2. The molecule has 0 amide bonds. The second-order valence-corrected chi connectivity index (χ2v) is 16.0. The van der Waals surface area contributed by atoms with E-state index in [1.165, 1.54) is 0 Å². The quantitative estimate of drug-likeness (QED) is 0.109. The van der Waals surface area contributed by atoms with Gasteiger partial charge in [-0.15, -0.1) is 35.0 Å². The maximum Gasteiger partial charge on any atom is 0.234 e. The zero-order valence-electron chi connectivity index (χ0n) is 35.4. The Balaban J connectivity index is 0.000000265. The normalized spacial score (nSPS) is 14.9. The van der Waals surface area contributed by atoms with Crippen LogP contribution in [0.2, 0.25) is 5.02 Å². The molecule has 2 saturated heterocycles. The van der Waals surface area contributed by atoms with Crippen LogP contribution in [0.5, 0.6) is 23.3 Å². The summed E-state index contributed by atoms with van der Waals surface area (Å²) in [5.74, 6) is 2.30. The first kappa shape index (κ1) is 48.5. The van der Waals surface area contributed by atoms with Gasteiger partial charge in [0.25, 0.3) is 0 Å². The van der Waals surface area contributed by atoms with Gasteiger partial charge in [-0.3, -0.25) is 0 Å². The summed E-state index contributed by atoms with van der Waals surface area (Å²) in [5, 5.41) is 28.0. The first-order chi connectivity index (χ1) is 28.3. The molecule has 10 nitrogen and oxygen atoms in total. The highest BCUT2D eigenvalue weighted by Crippen LogP contribution is 2.31. The minimum absolute atomic E-state index is 0. The summed E-state index contributed by atoms with van der Waals surface area (Å²) in [5.41, 5.74) is 7.36. The van der Waals surface area contributed by atoms with Crippen molar-refractivity contribution in [3.63, 3.8) is 0 Å². The lowest BCUT2D eigenvalue weighted by Gasteiger charge is -2.28. The third kappa shape index (κ3) is 14.8. The molecule has 5 aromatic rings. The van der Waals surface area contributed by atoms with E-state index in [2.05, 4.69) is 76.3 Å². The van der Waals surface area contributed by atoms with Gasteiger partial charge in [0.1, 0.15) is 30.3 Å². The van der Waals surface area contributed by atoms with Gasteiger partial charge in [-0.2, -0.15) is 10.2 Å². The topological polar surface area (TPSA) is 106 Å². The number of likely N-dealkylation sites (tertiary alicyclic amines) is 2. The number of halogens is 3. The fourth-order valence-corrected chi connectivity index (χ4v) is 7.26. The zero-order valence-corrected chi connectivity index (χ0v) is 37.8. The number of ether oxygens (including phenoxy) is 3. The van der Waals surface area contributed by atoms with Gasteiger partial charge in [0.15, 0.2) is 0 Å². The van der Waals surface area contributed by atoms with Crippen molar-refractivity contribution in [2.45, 2.75) is 96.9 Å². The molecule has 0 aliphatic carbocycles. The van der Waals surface area contributed by atoms with Crippen LogP contribution in [-0.2, 0) is 19.4 Å². The smallest absolute Gasteiger partial charge is 0.234 e. The van der Waals surface area contributed by atoms with Crippen LogP contribution in [0, 0.1) is 0 Å². The molecule has 2 fully saturated rings. The molecule has 0 radical (unpaired) electrons. The Labute approximate surface area is 373 Å². The number of nitrogens with zero attached hydrogens (tertiary/aromatic N) is 6. The summed E-state index contributed by atoms with van der Waals surface area (Å²) in [4.78, 5) is 4.66. The summed E-state index contributed by atoms with van der Waals surface area (Å²) in [6.45, 7) is 9.08. The first-order valence-electron chi connectivity index (χ1n) is 21.0. The molecule has 3 aromatic carbocycles. The van der Waals surface area contributed by atoms with Crippen LogP contribution in [0.3, 0.4) is 0 Å². The minimum Gasteiger partial charge on any atom is -0.508 e. The van der Waals surface area contributed by atoms with Gasteiger partial charge >= 0.3 is 0 Å². The monoisotopic (exact) mass is 878 g/mol. The van der Waals surface area contributed by atoms with Crippen LogP contribution < -0.4 is 14.2 Å². The van der Waals surface area contributed by atoms with Crippen LogP contribution >= 0.6 is 36.4 Å². The Morgan fingerprint density at radius 2 is 1.05 bits per heavy atom. The number of aromatic nitrogens is 4. The molecule has 0 spiro atoms. The molecule has 4 heterocycles. The van der Waals surface area contributed by atoms with E-state index >= 15 is 0 Å². The number of rotatable bonds is 15. The molecule has 0 saturated carbocycles. The van der Waals surface area contributed by atoms with Crippen LogP contribution in [0.15, 0.2) is 84.9 Å². The molecule has 2 aromatic heterocycles. The number of hydrogen-bond acceptors (Lipinski definition) is 10. The van der Waals surface area contributed by atoms with Crippen LogP contribution in [0.4, 0.5) is 0 Å². The van der Waals surface area contributed by atoms with Gasteiger partial charge in [0, 0.05) is 54.5 Å². The van der Waals surface area contributed by atoms with Crippen LogP contribution in [-0.4, -0.2) is 87.8 Å². The molecular formula is C47H61Cl3N6O4. The average molecular weight is 880 g/mol. The number of unbranched alkanes of at least 4 members (excludes halogenated alkanes) is 2. The number of aromatic hydroxyl groups is 1. The Morgan fingerprint density at radius 1 is 0.617 bits per heavy atom. The van der Waals surface area contributed by atoms with Crippen molar-refractivity contribution in [2.24, 2.45) is 0 Å². The fourth-order valence-electron chi connectivity index (χ4n) is 7.14. The van der Waals surface area contributed by atoms with Crippen molar-refractivity contribution in [2.75, 3.05) is 40.3 Å². The highest BCUT2D eigenvalue weighted by Gasteiger charge is 2.21. The standard InChI is InChI=1S/C27H32ClN3O2.C20H27N3O2.2ClH/c1-3-4-5-26-25(18-27(30-29-26)33-24-14-16-31(2)17-15-24)21-8-12-23(13-9-21)32-19-20-6-10-22(28)11-7-20;1-3-4-5-19-18(15-6-8-16(24)9-7-15)14-20(22-21-19)25-17-10-12-23(2)13-11-17;;/h6-13,18,24H,3-5,14-17,19H2,1-2H3;6-9,14,17,24H,3-5,10-13H2,1-2H3;2*1H. The van der Waals surface area contributed by atoms with E-state index in [1.54, 1.807) is 12.1 Å². The van der Waals surface area contributed by atoms with E-state index in [0.29, 0.717) is 18.4 Å². The predicted molar refractivity (Wildman–Crippen MR) is 246 cm³/mol. The van der Waals surface area contributed by atoms with E-state index in [1.807, 2.05) is 54.6 Å². The van der Waals surface area contributed by atoms with E-state index in [9.17, 15) is 5.11 Å². The van der Waals surface area contributed by atoms with Crippen LogP contribution in [0.25, 0.3) is 22.3 Å². The van der Waals surface area contributed by atoms with Crippen molar-refractivity contribution < 1.29 is 19.3 Å². The van der Waals surface area contributed by atoms with Gasteiger partial charge in [-0.25, -0.2) is 0 Å². The Bertz CT molecular complexity index is 1990. The number of hydrogen-bond donors (Lipinski definition) is 1. The largest absolute Gasteiger partial charge is 0.508 e. The minimum atomic E-state index is 0. The molecular weight excluding hydrogens is 819 g/mol. The molecule has 0 atom stereocenters. The molecule has 2 aliphatic rings. The van der Waals surface area contributed by atoms with E-state index < -0.39 is 0 Å². The Morgan fingerprint density at radius 3 is 1.48 bits per heavy atom. The lowest BCUT2D eigenvalue weighted by molar-refractivity contribution is 0.109. The molecule has 7 rings (SSSR count). The van der Waals surface area contributed by atoms with Crippen molar-refractivity contribution in [3.05, 3.63) is 107 Å². The fraction of sp³-hybridized carbons (Fsp3) is 0.447. The molecule has 2 aliphatic heterocycles. The molecule has 60 heavy (non-hydrogen) atoms. The van der Waals surface area contributed by atoms with E-state index in [-0.39, 0.29) is 42.8 Å². The summed E-state index contributed by atoms with van der Waals surface area (Å²) in [6.07, 6.45) is 10.7. The zero-order chi connectivity index (χ0) is 40.7. The molecule has 0 unspecified atom stereocenters. The second kappa shape index (κ2) is 24.9. The third-order valence-corrected chi connectivity index (χ3v) is 11.1. The lowest BCUT2D eigenvalue weighted by Crippen LogP contribution is -2.35. The molecule has 1 N–H and O–H groups in total. The molecule has 0 bridgehead atoms. The number of phenolic OH excluding ortho intramolecular Hbond substituents is 1. The van der Waals surface area contributed by atoms with Gasteiger partial charge in [0.05, 0.1) is 11.4 Å². The Kier molecular flexibility index (Phi) is 20.1. The number of aryl methyl sites for hydroxylation is 2. The van der Waals surface area contributed by atoms with E-state index in [4.69, 9.17) is 25.8 Å². The summed E-state index contributed by atoms with van der Waals surface area (Å²) < 4.78 is 18.3. The van der Waals surface area contributed by atoms with Gasteiger partial charge < -0.3 is 29.1 Å². The van der Waals surface area contributed by atoms with Gasteiger partial charge in [0.2, 0.25) is 11.8 Å². The van der Waals surface area contributed by atoms with Crippen molar-refractivity contribution in [1.82, 2.24) is 30.2 Å². The number of phenols is 1. The van der Waals surface area contributed by atoms with E-state index in [0.717, 1.165) is 140 Å². The van der Waals surface area contributed by atoms with Crippen molar-refractivity contribution >= 4 is 36.4 Å². The maximum absolute atomic E-state index is 9.55.